The number of hydrogen-bond acceptors (Lipinski definition) is 7. The number of rotatable bonds is 8. The Balaban J connectivity index is 1.83. The Morgan fingerprint density at radius 3 is 2.71 bits per heavy atom. The molecule has 7 nitrogen and oxygen atoms in total. The van der Waals surface area contributed by atoms with E-state index in [1.54, 1.807) is 7.05 Å². The van der Waals surface area contributed by atoms with Crippen molar-refractivity contribution in [3.8, 4) is 5.75 Å². The van der Waals surface area contributed by atoms with E-state index in [0.717, 1.165) is 54.0 Å². The van der Waals surface area contributed by atoms with Crippen LogP contribution in [0.5, 0.6) is 5.75 Å². The summed E-state index contributed by atoms with van der Waals surface area (Å²) in [5, 5.41) is 10.5. The second-order valence-electron chi connectivity index (χ2n) is 6.88. The van der Waals surface area contributed by atoms with Gasteiger partial charge in [-0.15, -0.1) is 0 Å². The first-order valence-electron chi connectivity index (χ1n) is 9.95. The van der Waals surface area contributed by atoms with E-state index in [1.807, 2.05) is 44.3 Å². The smallest absolute Gasteiger partial charge is 0.139 e. The summed E-state index contributed by atoms with van der Waals surface area (Å²) in [7, 11) is 1.76. The molecule has 0 saturated carbocycles. The lowest BCUT2D eigenvalue weighted by atomic mass is 10.1. The SMILES string of the molecule is CCOc1ccc(Nc2nc(CC=NC)nc(NC3CCCNC3)c2C)cc1. The van der Waals surface area contributed by atoms with E-state index in [0.29, 0.717) is 19.1 Å². The third-order valence-electron chi connectivity index (χ3n) is 4.71. The first-order valence-corrected chi connectivity index (χ1v) is 9.95. The van der Waals surface area contributed by atoms with Crippen molar-refractivity contribution in [2.75, 3.05) is 37.4 Å². The Morgan fingerprint density at radius 1 is 1.25 bits per heavy atom. The van der Waals surface area contributed by atoms with Gasteiger partial charge in [-0.05, 0) is 57.5 Å². The normalized spacial score (nSPS) is 16.9. The maximum absolute atomic E-state index is 5.52. The van der Waals surface area contributed by atoms with Gasteiger partial charge < -0.3 is 25.7 Å². The van der Waals surface area contributed by atoms with Crippen LogP contribution in [0, 0.1) is 6.92 Å². The summed E-state index contributed by atoms with van der Waals surface area (Å²) >= 11 is 0. The predicted octanol–water partition coefficient (Wildman–Crippen LogP) is 3.33. The molecular formula is C21H30N6O. The van der Waals surface area contributed by atoms with E-state index in [4.69, 9.17) is 14.7 Å². The topological polar surface area (TPSA) is 83.5 Å². The third-order valence-corrected chi connectivity index (χ3v) is 4.71. The van der Waals surface area contributed by atoms with Crippen LogP contribution in [0.4, 0.5) is 17.3 Å². The van der Waals surface area contributed by atoms with Gasteiger partial charge in [0.05, 0.1) is 6.61 Å². The van der Waals surface area contributed by atoms with Crippen molar-refractivity contribution in [1.82, 2.24) is 15.3 Å². The highest BCUT2D eigenvalue weighted by Gasteiger charge is 2.17. The highest BCUT2D eigenvalue weighted by Crippen LogP contribution is 2.26. The van der Waals surface area contributed by atoms with E-state index in [-0.39, 0.29) is 0 Å². The molecule has 0 aliphatic carbocycles. The fourth-order valence-electron chi connectivity index (χ4n) is 3.20. The second kappa shape index (κ2) is 10.0. The number of anilines is 3. The number of aliphatic imine (C=N–C) groups is 1. The number of aromatic nitrogens is 2. The van der Waals surface area contributed by atoms with Crippen molar-refractivity contribution in [3.63, 3.8) is 0 Å². The number of ether oxygens (including phenoxy) is 1. The zero-order chi connectivity index (χ0) is 19.8. The van der Waals surface area contributed by atoms with Crippen LogP contribution >= 0.6 is 0 Å². The van der Waals surface area contributed by atoms with Crippen LogP contribution in [-0.4, -0.2) is 49.0 Å². The molecule has 1 aliphatic rings. The minimum atomic E-state index is 0.383. The van der Waals surface area contributed by atoms with Crippen LogP contribution in [0.3, 0.4) is 0 Å². The number of nitrogens with zero attached hydrogens (tertiary/aromatic N) is 3. The molecule has 0 radical (unpaired) electrons. The maximum Gasteiger partial charge on any atom is 0.139 e. The van der Waals surface area contributed by atoms with Crippen molar-refractivity contribution >= 4 is 23.5 Å². The van der Waals surface area contributed by atoms with Gasteiger partial charge in [-0.25, -0.2) is 9.97 Å². The van der Waals surface area contributed by atoms with Gasteiger partial charge in [0, 0.05) is 43.5 Å². The molecule has 1 aromatic carbocycles. The lowest BCUT2D eigenvalue weighted by Crippen LogP contribution is -2.38. The molecule has 1 aromatic heterocycles. The summed E-state index contributed by atoms with van der Waals surface area (Å²) in [6.45, 7) is 6.73. The Kier molecular flexibility index (Phi) is 7.19. The molecule has 3 rings (SSSR count). The molecule has 1 saturated heterocycles. The van der Waals surface area contributed by atoms with Gasteiger partial charge in [-0.1, -0.05) is 0 Å². The van der Waals surface area contributed by atoms with Gasteiger partial charge in [0.15, 0.2) is 0 Å². The largest absolute Gasteiger partial charge is 0.494 e. The summed E-state index contributed by atoms with van der Waals surface area (Å²) in [5.74, 6) is 3.30. The van der Waals surface area contributed by atoms with E-state index in [9.17, 15) is 0 Å². The fourth-order valence-corrected chi connectivity index (χ4v) is 3.20. The van der Waals surface area contributed by atoms with Gasteiger partial charge >= 0.3 is 0 Å². The lowest BCUT2D eigenvalue weighted by molar-refractivity contribution is 0.340. The van der Waals surface area contributed by atoms with E-state index < -0.39 is 0 Å². The van der Waals surface area contributed by atoms with Crippen molar-refractivity contribution in [1.29, 1.82) is 0 Å². The molecule has 1 fully saturated rings. The Morgan fingerprint density at radius 2 is 2.04 bits per heavy atom. The Bertz CT molecular complexity index is 784. The number of nitrogens with one attached hydrogen (secondary N) is 3. The zero-order valence-electron chi connectivity index (χ0n) is 17.0. The molecular weight excluding hydrogens is 352 g/mol. The average Bonchev–Trinajstić information content (AvgIpc) is 2.72. The number of piperidine rings is 1. The van der Waals surface area contributed by atoms with Crippen LogP contribution in [-0.2, 0) is 6.42 Å². The first kappa shape index (κ1) is 20.1. The van der Waals surface area contributed by atoms with E-state index in [1.165, 1.54) is 6.42 Å². The molecule has 3 N–H and O–H groups in total. The van der Waals surface area contributed by atoms with Crippen LogP contribution in [0.25, 0.3) is 0 Å². The van der Waals surface area contributed by atoms with Crippen LogP contribution in [0.2, 0.25) is 0 Å². The van der Waals surface area contributed by atoms with Crippen molar-refractivity contribution in [2.24, 2.45) is 4.99 Å². The molecule has 1 unspecified atom stereocenters. The highest BCUT2D eigenvalue weighted by molar-refractivity contribution is 5.67. The van der Waals surface area contributed by atoms with Gasteiger partial charge in [0.1, 0.15) is 23.2 Å². The highest BCUT2D eigenvalue weighted by atomic mass is 16.5. The number of hydrogen-bond donors (Lipinski definition) is 3. The van der Waals surface area contributed by atoms with Crippen molar-refractivity contribution in [3.05, 3.63) is 35.7 Å². The second-order valence-corrected chi connectivity index (χ2v) is 6.88. The van der Waals surface area contributed by atoms with Crippen molar-refractivity contribution in [2.45, 2.75) is 39.2 Å². The van der Waals surface area contributed by atoms with Gasteiger partial charge in [0.25, 0.3) is 0 Å². The molecule has 0 spiro atoms. The molecule has 1 aliphatic heterocycles. The molecule has 150 valence electrons. The standard InChI is InChI=1S/C21H30N6O/c1-4-28-18-9-7-16(8-10-18)24-20-15(2)21(25-17-6-5-12-23-14-17)27-19(26-20)11-13-22-3/h7-10,13,17,23H,4-6,11-12,14H2,1-3H3,(H2,24,25,26,27). The van der Waals surface area contributed by atoms with Crippen LogP contribution < -0.4 is 20.7 Å². The fraction of sp³-hybridized carbons (Fsp3) is 0.476. The summed E-state index contributed by atoms with van der Waals surface area (Å²) in [6.07, 6.45) is 4.75. The maximum atomic E-state index is 5.52. The third kappa shape index (κ3) is 5.42. The predicted molar refractivity (Wildman–Crippen MR) is 115 cm³/mol. The average molecular weight is 383 g/mol. The molecule has 7 heteroatoms. The molecule has 1 atom stereocenters. The summed E-state index contributed by atoms with van der Waals surface area (Å²) < 4.78 is 5.52. The zero-order valence-corrected chi connectivity index (χ0v) is 17.0. The molecule has 0 bridgehead atoms. The molecule has 28 heavy (non-hydrogen) atoms. The summed E-state index contributed by atoms with van der Waals surface area (Å²) in [4.78, 5) is 13.5. The van der Waals surface area contributed by atoms with Gasteiger partial charge in [-0.2, -0.15) is 0 Å². The minimum absolute atomic E-state index is 0.383. The van der Waals surface area contributed by atoms with E-state index >= 15 is 0 Å². The van der Waals surface area contributed by atoms with Crippen LogP contribution in [0.15, 0.2) is 29.3 Å². The molecule has 0 amide bonds. The van der Waals surface area contributed by atoms with Crippen molar-refractivity contribution < 1.29 is 4.74 Å². The minimum Gasteiger partial charge on any atom is -0.494 e. The quantitative estimate of drug-likeness (QED) is 0.608. The Hall–Kier alpha value is -2.67. The monoisotopic (exact) mass is 382 g/mol. The number of benzene rings is 1. The van der Waals surface area contributed by atoms with Crippen LogP contribution in [0.1, 0.15) is 31.2 Å². The lowest BCUT2D eigenvalue weighted by Gasteiger charge is -2.25. The Labute approximate surface area is 167 Å². The summed E-state index contributed by atoms with van der Waals surface area (Å²) in [5.41, 5.74) is 1.97. The summed E-state index contributed by atoms with van der Waals surface area (Å²) in [6, 6.07) is 8.29. The molecule has 2 heterocycles. The van der Waals surface area contributed by atoms with Gasteiger partial charge in [-0.3, -0.25) is 0 Å². The molecule has 2 aromatic rings. The van der Waals surface area contributed by atoms with Gasteiger partial charge in [0.2, 0.25) is 0 Å². The van der Waals surface area contributed by atoms with E-state index in [2.05, 4.69) is 20.9 Å². The first-order chi connectivity index (χ1) is 13.7.